The van der Waals surface area contributed by atoms with Gasteiger partial charge in [-0.2, -0.15) is 0 Å². The molecule has 1 N–H and O–H groups in total. The molecule has 0 bridgehead atoms. The smallest absolute Gasteiger partial charge is 0.230 e. The Bertz CT molecular complexity index is 791. The van der Waals surface area contributed by atoms with Crippen molar-refractivity contribution in [2.45, 2.75) is 62.7 Å². The van der Waals surface area contributed by atoms with Crippen LogP contribution in [0.15, 0.2) is 29.4 Å². The second-order valence-electron chi connectivity index (χ2n) is 7.33. The number of amides is 1. The standard InChI is InChI=1S/C21H29ClN4O2S/c1-28-14-8-13-26-20(17-11-6-7-12-18(17)22)24-25-21(26)29-15-19(27)23-16-9-4-2-3-5-10-16/h6-7,11-12,16H,2-5,8-10,13-15H2,1H3,(H,23,27). The molecule has 1 saturated carbocycles. The highest BCUT2D eigenvalue weighted by Crippen LogP contribution is 2.29. The molecule has 1 aliphatic rings. The van der Waals surface area contributed by atoms with Crippen LogP contribution in [0.5, 0.6) is 0 Å². The second-order valence-corrected chi connectivity index (χ2v) is 8.68. The summed E-state index contributed by atoms with van der Waals surface area (Å²) < 4.78 is 7.22. The van der Waals surface area contributed by atoms with Crippen molar-refractivity contribution >= 4 is 29.3 Å². The molecule has 29 heavy (non-hydrogen) atoms. The molecular weight excluding hydrogens is 408 g/mol. The van der Waals surface area contributed by atoms with Gasteiger partial charge in [0.25, 0.3) is 0 Å². The van der Waals surface area contributed by atoms with E-state index in [0.29, 0.717) is 30.0 Å². The first-order valence-electron chi connectivity index (χ1n) is 10.3. The molecule has 2 aromatic rings. The van der Waals surface area contributed by atoms with Crippen molar-refractivity contribution in [2.75, 3.05) is 19.5 Å². The van der Waals surface area contributed by atoms with Crippen LogP contribution in [0.4, 0.5) is 0 Å². The summed E-state index contributed by atoms with van der Waals surface area (Å²) >= 11 is 7.80. The number of halogens is 1. The van der Waals surface area contributed by atoms with Crippen LogP contribution in [-0.2, 0) is 16.1 Å². The lowest BCUT2D eigenvalue weighted by Gasteiger charge is -2.16. The van der Waals surface area contributed by atoms with E-state index in [-0.39, 0.29) is 5.91 Å². The number of thioether (sulfide) groups is 1. The number of nitrogens with zero attached hydrogens (tertiary/aromatic N) is 3. The fraction of sp³-hybridized carbons (Fsp3) is 0.571. The Labute approximate surface area is 181 Å². The van der Waals surface area contributed by atoms with E-state index in [9.17, 15) is 4.79 Å². The van der Waals surface area contributed by atoms with E-state index in [4.69, 9.17) is 16.3 Å². The van der Waals surface area contributed by atoms with Gasteiger partial charge in [-0.05, 0) is 31.4 Å². The molecule has 1 amide bonds. The minimum atomic E-state index is 0.0626. The predicted octanol–water partition coefficient (Wildman–Crippen LogP) is 4.57. The number of hydrogen-bond acceptors (Lipinski definition) is 5. The number of ether oxygens (including phenoxy) is 1. The van der Waals surface area contributed by atoms with Crippen LogP contribution >= 0.6 is 23.4 Å². The van der Waals surface area contributed by atoms with Crippen LogP contribution < -0.4 is 5.32 Å². The van der Waals surface area contributed by atoms with Gasteiger partial charge in [-0.3, -0.25) is 4.79 Å². The summed E-state index contributed by atoms with van der Waals surface area (Å²) in [6, 6.07) is 7.92. The minimum absolute atomic E-state index is 0.0626. The van der Waals surface area contributed by atoms with Crippen molar-refractivity contribution in [3.8, 4) is 11.4 Å². The molecule has 158 valence electrons. The van der Waals surface area contributed by atoms with Gasteiger partial charge in [0.2, 0.25) is 5.91 Å². The molecule has 0 unspecified atom stereocenters. The fourth-order valence-electron chi connectivity index (χ4n) is 3.63. The monoisotopic (exact) mass is 436 g/mol. The highest BCUT2D eigenvalue weighted by atomic mass is 35.5. The predicted molar refractivity (Wildman–Crippen MR) is 117 cm³/mol. The van der Waals surface area contributed by atoms with E-state index < -0.39 is 0 Å². The van der Waals surface area contributed by atoms with Crippen molar-refractivity contribution in [2.24, 2.45) is 0 Å². The van der Waals surface area contributed by atoms with E-state index in [1.165, 1.54) is 37.4 Å². The third kappa shape index (κ3) is 6.46. The maximum atomic E-state index is 12.5. The average molecular weight is 437 g/mol. The van der Waals surface area contributed by atoms with Crippen molar-refractivity contribution in [1.29, 1.82) is 0 Å². The summed E-state index contributed by atoms with van der Waals surface area (Å²) in [5.74, 6) is 1.12. The first-order valence-corrected chi connectivity index (χ1v) is 11.6. The summed E-state index contributed by atoms with van der Waals surface area (Å²) in [7, 11) is 1.69. The number of methoxy groups -OCH3 is 1. The maximum Gasteiger partial charge on any atom is 0.230 e. The highest BCUT2D eigenvalue weighted by Gasteiger charge is 2.19. The Balaban J connectivity index is 1.67. The number of aromatic nitrogens is 3. The third-order valence-corrected chi connectivity index (χ3v) is 6.41. The summed E-state index contributed by atoms with van der Waals surface area (Å²) in [4.78, 5) is 12.5. The first kappa shape index (κ1) is 22.1. The molecule has 0 spiro atoms. The number of rotatable bonds is 9. The molecule has 1 fully saturated rings. The van der Waals surface area contributed by atoms with Gasteiger partial charge < -0.3 is 14.6 Å². The lowest BCUT2D eigenvalue weighted by atomic mass is 10.1. The normalized spacial score (nSPS) is 15.2. The van der Waals surface area contributed by atoms with Crippen LogP contribution in [0.25, 0.3) is 11.4 Å². The number of carbonyl (C=O) groups excluding carboxylic acids is 1. The molecule has 8 heteroatoms. The molecule has 3 rings (SSSR count). The number of nitrogens with one attached hydrogen (secondary N) is 1. The van der Waals surface area contributed by atoms with Crippen LogP contribution in [0.3, 0.4) is 0 Å². The number of benzene rings is 1. The molecule has 6 nitrogen and oxygen atoms in total. The Morgan fingerprint density at radius 2 is 2.00 bits per heavy atom. The van der Waals surface area contributed by atoms with Gasteiger partial charge in [0.1, 0.15) is 0 Å². The van der Waals surface area contributed by atoms with Gasteiger partial charge in [-0.1, -0.05) is 61.2 Å². The minimum Gasteiger partial charge on any atom is -0.385 e. The quantitative estimate of drug-likeness (QED) is 0.354. The zero-order valence-corrected chi connectivity index (χ0v) is 18.5. The molecule has 0 aliphatic heterocycles. The van der Waals surface area contributed by atoms with Crippen molar-refractivity contribution in [3.05, 3.63) is 29.3 Å². The fourth-order valence-corrected chi connectivity index (χ4v) is 4.62. The second kappa shape index (κ2) is 11.6. The summed E-state index contributed by atoms with van der Waals surface area (Å²) in [6.07, 6.45) is 7.95. The summed E-state index contributed by atoms with van der Waals surface area (Å²) in [5.41, 5.74) is 0.842. The van der Waals surface area contributed by atoms with Crippen LogP contribution in [-0.4, -0.2) is 46.2 Å². The molecule has 1 heterocycles. The zero-order chi connectivity index (χ0) is 20.5. The van der Waals surface area contributed by atoms with Crippen LogP contribution in [0.2, 0.25) is 5.02 Å². The topological polar surface area (TPSA) is 69.0 Å². The van der Waals surface area contributed by atoms with E-state index in [0.717, 1.165) is 35.8 Å². The molecule has 1 aliphatic carbocycles. The zero-order valence-electron chi connectivity index (χ0n) is 16.9. The van der Waals surface area contributed by atoms with Gasteiger partial charge in [0.05, 0.1) is 10.8 Å². The number of hydrogen-bond donors (Lipinski definition) is 1. The Kier molecular flexibility index (Phi) is 8.83. The van der Waals surface area contributed by atoms with Crippen molar-refractivity contribution in [3.63, 3.8) is 0 Å². The average Bonchev–Trinajstić information content (AvgIpc) is 2.93. The number of carbonyl (C=O) groups is 1. The van der Waals surface area contributed by atoms with Crippen molar-refractivity contribution < 1.29 is 9.53 Å². The summed E-state index contributed by atoms with van der Waals surface area (Å²) in [6.45, 7) is 1.35. The SMILES string of the molecule is COCCCn1c(SCC(=O)NC2CCCCCC2)nnc1-c1ccccc1Cl. The van der Waals surface area contributed by atoms with Gasteiger partial charge in [-0.25, -0.2) is 0 Å². The molecule has 1 aromatic heterocycles. The summed E-state index contributed by atoms with van der Waals surface area (Å²) in [5, 5.41) is 13.3. The Morgan fingerprint density at radius 3 is 2.72 bits per heavy atom. The molecule has 0 radical (unpaired) electrons. The van der Waals surface area contributed by atoms with Crippen LogP contribution in [0, 0.1) is 0 Å². The van der Waals surface area contributed by atoms with Gasteiger partial charge in [0.15, 0.2) is 11.0 Å². The Morgan fingerprint density at radius 1 is 1.24 bits per heavy atom. The van der Waals surface area contributed by atoms with E-state index in [2.05, 4.69) is 15.5 Å². The van der Waals surface area contributed by atoms with Crippen LogP contribution in [0.1, 0.15) is 44.9 Å². The largest absolute Gasteiger partial charge is 0.385 e. The lowest BCUT2D eigenvalue weighted by Crippen LogP contribution is -2.35. The maximum absolute atomic E-state index is 12.5. The van der Waals surface area contributed by atoms with E-state index in [1.807, 2.05) is 28.8 Å². The lowest BCUT2D eigenvalue weighted by molar-refractivity contribution is -0.119. The highest BCUT2D eigenvalue weighted by molar-refractivity contribution is 7.99. The Hall–Kier alpha value is -1.57. The molecular formula is C21H29ClN4O2S. The third-order valence-electron chi connectivity index (χ3n) is 5.11. The first-order chi connectivity index (χ1) is 14.2. The van der Waals surface area contributed by atoms with Crippen molar-refractivity contribution in [1.82, 2.24) is 20.1 Å². The molecule has 0 saturated heterocycles. The van der Waals surface area contributed by atoms with Gasteiger partial charge in [0, 0.05) is 31.9 Å². The molecule has 1 aromatic carbocycles. The van der Waals surface area contributed by atoms with Gasteiger partial charge >= 0.3 is 0 Å². The molecule has 0 atom stereocenters. The van der Waals surface area contributed by atoms with Gasteiger partial charge in [-0.15, -0.1) is 10.2 Å². The van der Waals surface area contributed by atoms with E-state index >= 15 is 0 Å². The van der Waals surface area contributed by atoms with E-state index in [1.54, 1.807) is 7.11 Å².